The van der Waals surface area contributed by atoms with E-state index in [9.17, 15) is 5.26 Å². The zero-order valence-electron chi connectivity index (χ0n) is 13.8. The lowest BCUT2D eigenvalue weighted by molar-refractivity contribution is 0.905. The van der Waals surface area contributed by atoms with Crippen LogP contribution in [0.2, 0.25) is 0 Å². The maximum atomic E-state index is 9.20. The number of fused-ring (bicyclic) bond motifs is 1. The van der Waals surface area contributed by atoms with Crippen molar-refractivity contribution in [3.05, 3.63) is 65.9 Å². The van der Waals surface area contributed by atoms with Crippen molar-refractivity contribution in [1.29, 1.82) is 5.26 Å². The molecule has 0 saturated carbocycles. The Morgan fingerprint density at radius 1 is 1.20 bits per heavy atom. The Hall–Kier alpha value is -3.66. The number of nitrogens with zero attached hydrogens (tertiary/aromatic N) is 6. The van der Waals surface area contributed by atoms with E-state index in [1.54, 1.807) is 16.8 Å². The number of benzene rings is 1. The molecule has 3 heterocycles. The predicted octanol–water partition coefficient (Wildman–Crippen LogP) is 3.15. The topological polar surface area (TPSA) is 83.8 Å². The molecule has 1 N–H and O–H groups in total. The number of anilines is 2. The Morgan fingerprint density at radius 3 is 2.80 bits per heavy atom. The minimum atomic E-state index is 0.446. The summed E-state index contributed by atoms with van der Waals surface area (Å²) in [5.74, 6) is 1.35. The van der Waals surface area contributed by atoms with Gasteiger partial charge in [-0.3, -0.25) is 0 Å². The first kappa shape index (κ1) is 14.9. The second-order valence-corrected chi connectivity index (χ2v) is 5.71. The molecule has 0 fully saturated rings. The Labute approximate surface area is 144 Å². The summed E-state index contributed by atoms with van der Waals surface area (Å²) in [6.45, 7) is 3.98. The molecular formula is C18H15N7. The van der Waals surface area contributed by atoms with Crippen LogP contribution in [0.25, 0.3) is 11.3 Å². The fraction of sp³-hybridized carbons (Fsp3) is 0.111. The highest BCUT2D eigenvalue weighted by Crippen LogP contribution is 2.21. The Balaban J connectivity index is 1.76. The molecule has 0 saturated heterocycles. The molecule has 4 rings (SSSR count). The average Bonchev–Trinajstić information content (AvgIpc) is 3.19. The van der Waals surface area contributed by atoms with Gasteiger partial charge in [0.15, 0.2) is 5.65 Å². The van der Waals surface area contributed by atoms with E-state index in [0.29, 0.717) is 17.2 Å². The zero-order valence-corrected chi connectivity index (χ0v) is 13.8. The van der Waals surface area contributed by atoms with Crippen molar-refractivity contribution >= 4 is 17.3 Å². The molecule has 0 radical (unpaired) electrons. The van der Waals surface area contributed by atoms with Gasteiger partial charge in [-0.25, -0.2) is 9.50 Å². The van der Waals surface area contributed by atoms with Gasteiger partial charge in [0.25, 0.3) is 0 Å². The molecule has 0 spiro atoms. The van der Waals surface area contributed by atoms with Crippen LogP contribution in [-0.4, -0.2) is 24.1 Å². The van der Waals surface area contributed by atoms with Crippen LogP contribution in [0.15, 0.2) is 48.9 Å². The molecular weight excluding hydrogens is 314 g/mol. The number of pyridine rings is 1. The second kappa shape index (κ2) is 5.76. The van der Waals surface area contributed by atoms with E-state index in [-0.39, 0.29) is 0 Å². The van der Waals surface area contributed by atoms with Crippen molar-refractivity contribution in [1.82, 2.24) is 24.1 Å². The summed E-state index contributed by atoms with van der Waals surface area (Å²) >= 11 is 0. The van der Waals surface area contributed by atoms with Gasteiger partial charge in [-0.05, 0) is 37.6 Å². The number of nitrogens with one attached hydrogen (secondary N) is 1. The Kier molecular flexibility index (Phi) is 3.43. The molecule has 3 aromatic heterocycles. The number of aromatic nitrogens is 5. The number of hydrogen-bond donors (Lipinski definition) is 1. The molecule has 1 aromatic carbocycles. The smallest absolute Gasteiger partial charge is 0.247 e. The Morgan fingerprint density at radius 2 is 2.04 bits per heavy atom. The summed E-state index contributed by atoms with van der Waals surface area (Å²) in [6.07, 6.45) is 5.61. The van der Waals surface area contributed by atoms with Crippen molar-refractivity contribution < 1.29 is 0 Å². The molecule has 122 valence electrons. The summed E-state index contributed by atoms with van der Waals surface area (Å²) in [5, 5.41) is 16.8. The summed E-state index contributed by atoms with van der Waals surface area (Å²) in [7, 11) is 0. The quantitative estimate of drug-likeness (QED) is 0.624. The van der Waals surface area contributed by atoms with E-state index in [0.717, 1.165) is 22.7 Å². The average molecular weight is 329 g/mol. The van der Waals surface area contributed by atoms with Crippen LogP contribution in [-0.2, 0) is 0 Å². The predicted molar refractivity (Wildman–Crippen MR) is 94.0 cm³/mol. The van der Waals surface area contributed by atoms with Gasteiger partial charge in [0, 0.05) is 12.4 Å². The number of nitriles is 1. The monoisotopic (exact) mass is 329 g/mol. The van der Waals surface area contributed by atoms with E-state index in [2.05, 4.69) is 26.5 Å². The first-order chi connectivity index (χ1) is 12.2. The molecule has 7 heteroatoms. The van der Waals surface area contributed by atoms with Gasteiger partial charge >= 0.3 is 0 Å². The maximum Gasteiger partial charge on any atom is 0.247 e. The summed E-state index contributed by atoms with van der Waals surface area (Å²) < 4.78 is 3.73. The van der Waals surface area contributed by atoms with Gasteiger partial charge in [0.1, 0.15) is 11.9 Å². The highest BCUT2D eigenvalue weighted by Gasteiger charge is 2.11. The van der Waals surface area contributed by atoms with Crippen LogP contribution in [0.5, 0.6) is 0 Å². The molecule has 0 aliphatic heterocycles. The van der Waals surface area contributed by atoms with Gasteiger partial charge < -0.3 is 9.88 Å². The van der Waals surface area contributed by atoms with E-state index in [1.807, 2.05) is 55.1 Å². The number of rotatable bonds is 3. The standard InChI is InChI=1S/C18H15N7/c1-12-9-17-22-18(21-15-6-4-3-5-14(15)10-19)23-25(17)11-16(12)24-8-7-20-13(24)2/h3-9,11H,1-2H3,(H,21,23). The number of aryl methyl sites for hydroxylation is 2. The van der Waals surface area contributed by atoms with Crippen LogP contribution in [0.1, 0.15) is 17.0 Å². The highest BCUT2D eigenvalue weighted by molar-refractivity contribution is 5.64. The Bertz CT molecular complexity index is 1110. The van der Waals surface area contributed by atoms with Crippen molar-refractivity contribution in [3.8, 4) is 11.8 Å². The molecule has 0 unspecified atom stereocenters. The van der Waals surface area contributed by atoms with Crippen LogP contribution in [0.3, 0.4) is 0 Å². The van der Waals surface area contributed by atoms with E-state index in [1.165, 1.54) is 0 Å². The van der Waals surface area contributed by atoms with Crippen LogP contribution >= 0.6 is 0 Å². The molecule has 0 atom stereocenters. The summed E-state index contributed by atoms with van der Waals surface area (Å²) in [5.41, 5.74) is 4.04. The van der Waals surface area contributed by atoms with Gasteiger partial charge in [-0.15, -0.1) is 5.10 Å². The second-order valence-electron chi connectivity index (χ2n) is 5.71. The van der Waals surface area contributed by atoms with Crippen LogP contribution in [0.4, 0.5) is 11.6 Å². The largest absolute Gasteiger partial charge is 0.322 e. The van der Waals surface area contributed by atoms with Gasteiger partial charge in [0.2, 0.25) is 5.95 Å². The first-order valence-corrected chi connectivity index (χ1v) is 7.79. The van der Waals surface area contributed by atoms with E-state index >= 15 is 0 Å². The fourth-order valence-corrected chi connectivity index (χ4v) is 2.76. The molecule has 4 aromatic rings. The van der Waals surface area contributed by atoms with Crippen molar-refractivity contribution in [2.45, 2.75) is 13.8 Å². The highest BCUT2D eigenvalue weighted by atomic mass is 15.3. The fourth-order valence-electron chi connectivity index (χ4n) is 2.76. The summed E-state index contributed by atoms with van der Waals surface area (Å²) in [4.78, 5) is 8.76. The third-order valence-electron chi connectivity index (χ3n) is 4.03. The lowest BCUT2D eigenvalue weighted by Crippen LogP contribution is -2.01. The van der Waals surface area contributed by atoms with Gasteiger partial charge in [-0.2, -0.15) is 10.2 Å². The van der Waals surface area contributed by atoms with Crippen molar-refractivity contribution in [3.63, 3.8) is 0 Å². The minimum absolute atomic E-state index is 0.446. The molecule has 0 amide bonds. The lowest BCUT2D eigenvalue weighted by Gasteiger charge is -2.08. The molecule has 0 aliphatic carbocycles. The summed E-state index contributed by atoms with van der Waals surface area (Å²) in [6, 6.07) is 11.4. The van der Waals surface area contributed by atoms with Crippen molar-refractivity contribution in [2.24, 2.45) is 0 Å². The van der Waals surface area contributed by atoms with Crippen molar-refractivity contribution in [2.75, 3.05) is 5.32 Å². The number of para-hydroxylation sites is 1. The van der Waals surface area contributed by atoms with Gasteiger partial charge in [0.05, 0.1) is 23.1 Å². The molecule has 25 heavy (non-hydrogen) atoms. The van der Waals surface area contributed by atoms with Crippen LogP contribution in [0, 0.1) is 25.2 Å². The van der Waals surface area contributed by atoms with Crippen LogP contribution < -0.4 is 5.32 Å². The lowest BCUT2D eigenvalue weighted by atomic mass is 10.2. The normalized spacial score (nSPS) is 10.8. The van der Waals surface area contributed by atoms with E-state index in [4.69, 9.17) is 0 Å². The minimum Gasteiger partial charge on any atom is -0.322 e. The number of imidazole rings is 1. The van der Waals surface area contributed by atoms with Gasteiger partial charge in [-0.1, -0.05) is 12.1 Å². The SMILES string of the molecule is Cc1cc2nc(Nc3ccccc3C#N)nn2cc1-n1ccnc1C. The molecule has 0 aliphatic rings. The third kappa shape index (κ3) is 2.60. The number of hydrogen-bond acceptors (Lipinski definition) is 5. The maximum absolute atomic E-state index is 9.20. The molecule has 7 nitrogen and oxygen atoms in total. The zero-order chi connectivity index (χ0) is 17.4. The first-order valence-electron chi connectivity index (χ1n) is 7.79. The van der Waals surface area contributed by atoms with E-state index < -0.39 is 0 Å². The molecule has 0 bridgehead atoms. The third-order valence-corrected chi connectivity index (χ3v) is 4.03.